The SMILES string of the molecule is Cc1nnc(CN2CCc3c(cccc3C(=O)O)C2)n1C. The molecule has 0 spiro atoms. The Morgan fingerprint density at radius 2 is 2.19 bits per heavy atom. The Hall–Kier alpha value is -2.21. The third kappa shape index (κ3) is 2.54. The zero-order valence-corrected chi connectivity index (χ0v) is 12.2. The Bertz CT molecular complexity index is 693. The molecule has 0 unspecified atom stereocenters. The first-order valence-corrected chi connectivity index (χ1v) is 6.97. The quantitative estimate of drug-likeness (QED) is 0.923. The summed E-state index contributed by atoms with van der Waals surface area (Å²) in [6.07, 6.45) is 0.759. The number of nitrogens with zero attached hydrogens (tertiary/aromatic N) is 4. The summed E-state index contributed by atoms with van der Waals surface area (Å²) in [5.41, 5.74) is 2.50. The van der Waals surface area contributed by atoms with Gasteiger partial charge in [-0.15, -0.1) is 10.2 Å². The average Bonchev–Trinajstić information content (AvgIpc) is 2.78. The van der Waals surface area contributed by atoms with Gasteiger partial charge in [-0.05, 0) is 30.5 Å². The number of carboxylic acid groups (broad SMARTS) is 1. The highest BCUT2D eigenvalue weighted by Gasteiger charge is 2.22. The Balaban J connectivity index is 1.80. The molecular weight excluding hydrogens is 268 g/mol. The maximum absolute atomic E-state index is 11.3. The van der Waals surface area contributed by atoms with Gasteiger partial charge in [0.15, 0.2) is 0 Å². The minimum atomic E-state index is -0.843. The molecule has 0 radical (unpaired) electrons. The highest BCUT2D eigenvalue weighted by Crippen LogP contribution is 2.23. The summed E-state index contributed by atoms with van der Waals surface area (Å²) in [6.45, 7) is 4.25. The van der Waals surface area contributed by atoms with E-state index in [9.17, 15) is 9.90 Å². The van der Waals surface area contributed by atoms with E-state index in [2.05, 4.69) is 15.1 Å². The summed E-state index contributed by atoms with van der Waals surface area (Å²) in [7, 11) is 1.96. The number of carboxylic acids is 1. The summed E-state index contributed by atoms with van der Waals surface area (Å²) in [4.78, 5) is 13.5. The molecule has 1 N–H and O–H groups in total. The molecule has 110 valence electrons. The van der Waals surface area contributed by atoms with Crippen molar-refractivity contribution in [3.05, 3.63) is 46.5 Å². The van der Waals surface area contributed by atoms with E-state index in [1.165, 1.54) is 0 Å². The molecule has 0 saturated heterocycles. The van der Waals surface area contributed by atoms with Crippen LogP contribution in [0.4, 0.5) is 0 Å². The summed E-state index contributed by atoms with van der Waals surface area (Å²) in [6, 6.07) is 5.51. The van der Waals surface area contributed by atoms with Crippen LogP contribution >= 0.6 is 0 Å². The van der Waals surface area contributed by atoms with Crippen molar-refractivity contribution < 1.29 is 9.90 Å². The molecule has 21 heavy (non-hydrogen) atoms. The Morgan fingerprint density at radius 3 is 2.86 bits per heavy atom. The van der Waals surface area contributed by atoms with Crippen LogP contribution in [0.3, 0.4) is 0 Å². The Kier molecular flexibility index (Phi) is 3.47. The van der Waals surface area contributed by atoms with Gasteiger partial charge in [-0.2, -0.15) is 0 Å². The lowest BCUT2D eigenvalue weighted by atomic mass is 9.94. The number of aryl methyl sites for hydroxylation is 1. The van der Waals surface area contributed by atoms with E-state index >= 15 is 0 Å². The van der Waals surface area contributed by atoms with Crippen LogP contribution in [-0.4, -0.2) is 37.3 Å². The topological polar surface area (TPSA) is 71.2 Å². The highest BCUT2D eigenvalue weighted by atomic mass is 16.4. The predicted molar refractivity (Wildman–Crippen MR) is 77.0 cm³/mol. The lowest BCUT2D eigenvalue weighted by molar-refractivity contribution is 0.0694. The van der Waals surface area contributed by atoms with Gasteiger partial charge >= 0.3 is 5.97 Å². The lowest BCUT2D eigenvalue weighted by Gasteiger charge is -2.29. The number of aromatic nitrogens is 3. The maximum Gasteiger partial charge on any atom is 0.335 e. The largest absolute Gasteiger partial charge is 0.478 e. The number of benzene rings is 1. The molecule has 2 heterocycles. The molecule has 6 nitrogen and oxygen atoms in total. The molecule has 1 aliphatic heterocycles. The minimum Gasteiger partial charge on any atom is -0.478 e. The second-order valence-corrected chi connectivity index (χ2v) is 5.43. The third-order valence-electron chi connectivity index (χ3n) is 4.12. The van der Waals surface area contributed by atoms with Crippen molar-refractivity contribution in [2.24, 2.45) is 7.05 Å². The van der Waals surface area contributed by atoms with Crippen LogP contribution in [0.1, 0.15) is 33.1 Å². The number of rotatable bonds is 3. The van der Waals surface area contributed by atoms with Crippen molar-refractivity contribution in [1.29, 1.82) is 0 Å². The zero-order valence-electron chi connectivity index (χ0n) is 12.2. The Morgan fingerprint density at radius 1 is 1.38 bits per heavy atom. The maximum atomic E-state index is 11.3. The van der Waals surface area contributed by atoms with Gasteiger partial charge in [-0.25, -0.2) is 4.79 Å². The highest BCUT2D eigenvalue weighted by molar-refractivity contribution is 5.89. The molecule has 1 aliphatic rings. The fourth-order valence-corrected chi connectivity index (χ4v) is 2.79. The number of carbonyl (C=O) groups is 1. The van der Waals surface area contributed by atoms with Crippen molar-refractivity contribution in [1.82, 2.24) is 19.7 Å². The minimum absolute atomic E-state index is 0.432. The lowest BCUT2D eigenvalue weighted by Crippen LogP contribution is -2.32. The Labute approximate surface area is 123 Å². The van der Waals surface area contributed by atoms with Crippen LogP contribution < -0.4 is 0 Å². The first-order valence-electron chi connectivity index (χ1n) is 6.97. The van der Waals surface area contributed by atoms with Crippen LogP contribution in [0.15, 0.2) is 18.2 Å². The van der Waals surface area contributed by atoms with Gasteiger partial charge in [0.05, 0.1) is 12.1 Å². The predicted octanol–water partition coefficient (Wildman–Crippen LogP) is 1.38. The van der Waals surface area contributed by atoms with E-state index in [4.69, 9.17) is 0 Å². The molecule has 6 heteroatoms. The molecule has 0 amide bonds. The average molecular weight is 286 g/mol. The van der Waals surface area contributed by atoms with E-state index in [0.717, 1.165) is 48.8 Å². The van der Waals surface area contributed by atoms with Gasteiger partial charge in [-0.1, -0.05) is 12.1 Å². The van der Waals surface area contributed by atoms with Crippen molar-refractivity contribution in [3.8, 4) is 0 Å². The molecule has 0 aliphatic carbocycles. The van der Waals surface area contributed by atoms with Gasteiger partial charge in [-0.3, -0.25) is 4.90 Å². The first kappa shape index (κ1) is 13.8. The van der Waals surface area contributed by atoms with Crippen molar-refractivity contribution in [3.63, 3.8) is 0 Å². The fourth-order valence-electron chi connectivity index (χ4n) is 2.79. The molecule has 0 saturated carbocycles. The van der Waals surface area contributed by atoms with Gasteiger partial charge < -0.3 is 9.67 Å². The summed E-state index contributed by atoms with van der Waals surface area (Å²) in [5, 5.41) is 17.5. The number of hydrogen-bond donors (Lipinski definition) is 1. The first-order chi connectivity index (χ1) is 10.1. The van der Waals surface area contributed by atoms with Crippen LogP contribution in [0, 0.1) is 6.92 Å². The molecule has 1 aromatic carbocycles. The normalized spacial score (nSPS) is 15.0. The third-order valence-corrected chi connectivity index (χ3v) is 4.12. The van der Waals surface area contributed by atoms with Gasteiger partial charge in [0.2, 0.25) is 0 Å². The van der Waals surface area contributed by atoms with Crippen molar-refractivity contribution in [2.75, 3.05) is 6.54 Å². The van der Waals surface area contributed by atoms with Crippen molar-refractivity contribution >= 4 is 5.97 Å². The zero-order chi connectivity index (χ0) is 15.0. The van der Waals surface area contributed by atoms with Crippen LogP contribution in [-0.2, 0) is 26.6 Å². The van der Waals surface area contributed by atoms with Crippen LogP contribution in [0.2, 0.25) is 0 Å². The van der Waals surface area contributed by atoms with E-state index < -0.39 is 5.97 Å². The van der Waals surface area contributed by atoms with E-state index in [0.29, 0.717) is 5.56 Å². The molecule has 0 atom stereocenters. The molecule has 2 aromatic rings. The smallest absolute Gasteiger partial charge is 0.335 e. The van der Waals surface area contributed by atoms with Crippen molar-refractivity contribution in [2.45, 2.75) is 26.4 Å². The molecule has 1 aromatic heterocycles. The summed E-state index contributed by atoms with van der Waals surface area (Å²) >= 11 is 0. The molecular formula is C15H18N4O2. The number of hydrogen-bond acceptors (Lipinski definition) is 4. The van der Waals surface area contributed by atoms with E-state index in [-0.39, 0.29) is 0 Å². The fraction of sp³-hybridized carbons (Fsp3) is 0.400. The second kappa shape index (κ2) is 5.29. The summed E-state index contributed by atoms with van der Waals surface area (Å²) < 4.78 is 1.99. The van der Waals surface area contributed by atoms with E-state index in [1.807, 2.05) is 30.7 Å². The number of fused-ring (bicyclic) bond motifs is 1. The second-order valence-electron chi connectivity index (χ2n) is 5.43. The molecule has 0 fully saturated rings. The monoisotopic (exact) mass is 286 g/mol. The van der Waals surface area contributed by atoms with E-state index in [1.54, 1.807) is 6.07 Å². The van der Waals surface area contributed by atoms with Gasteiger partial charge in [0.1, 0.15) is 11.6 Å². The van der Waals surface area contributed by atoms with Crippen LogP contribution in [0.25, 0.3) is 0 Å². The molecule has 3 rings (SSSR count). The number of aromatic carboxylic acids is 1. The summed E-state index contributed by atoms with van der Waals surface area (Å²) in [5.74, 6) is 0.991. The molecule has 0 bridgehead atoms. The standard InChI is InChI=1S/C15H18N4O2/c1-10-16-17-14(18(10)2)9-19-7-6-12-11(8-19)4-3-5-13(12)15(20)21/h3-5H,6-9H2,1-2H3,(H,20,21). The van der Waals surface area contributed by atoms with Crippen LogP contribution in [0.5, 0.6) is 0 Å². The van der Waals surface area contributed by atoms with Gasteiger partial charge in [0, 0.05) is 20.1 Å². The van der Waals surface area contributed by atoms with Gasteiger partial charge in [0.25, 0.3) is 0 Å².